The third kappa shape index (κ3) is 3.94. The van der Waals surface area contributed by atoms with Crippen molar-refractivity contribution in [1.82, 2.24) is 0 Å². The molecule has 2 saturated carbocycles. The molecule has 0 heterocycles. The van der Waals surface area contributed by atoms with Gasteiger partial charge in [0.25, 0.3) is 0 Å². The van der Waals surface area contributed by atoms with E-state index in [9.17, 15) is 9.59 Å². The smallest absolute Gasteiger partial charge is 0.330 e. The summed E-state index contributed by atoms with van der Waals surface area (Å²) in [6, 6.07) is 0. The molecular weight excluding hydrogens is 252 g/mol. The van der Waals surface area contributed by atoms with Crippen molar-refractivity contribution < 1.29 is 14.3 Å². The number of hydrogen-bond acceptors (Lipinski definition) is 3. The molecule has 2 fully saturated rings. The molecule has 0 N–H and O–H groups in total. The molecule has 20 heavy (non-hydrogen) atoms. The Hall–Kier alpha value is -1.12. The Labute approximate surface area is 121 Å². The normalized spacial score (nSPS) is 23.0. The number of carbonyl (C=O) groups is 2. The van der Waals surface area contributed by atoms with Crippen LogP contribution >= 0.6 is 0 Å². The van der Waals surface area contributed by atoms with Crippen molar-refractivity contribution in [3.63, 3.8) is 0 Å². The number of rotatable bonds is 5. The second-order valence-corrected chi connectivity index (χ2v) is 6.20. The summed E-state index contributed by atoms with van der Waals surface area (Å²) in [5, 5.41) is 0. The van der Waals surface area contributed by atoms with Gasteiger partial charge in [-0.3, -0.25) is 4.79 Å². The molecule has 1 unspecified atom stereocenters. The first-order valence-corrected chi connectivity index (χ1v) is 8.09. The van der Waals surface area contributed by atoms with Crippen LogP contribution in [-0.2, 0) is 14.3 Å². The van der Waals surface area contributed by atoms with Gasteiger partial charge in [-0.1, -0.05) is 45.1 Å². The molecule has 2 rings (SSSR count). The fourth-order valence-corrected chi connectivity index (χ4v) is 3.62. The quantitative estimate of drug-likeness (QED) is 0.567. The van der Waals surface area contributed by atoms with Crippen LogP contribution in [0.4, 0.5) is 0 Å². The Morgan fingerprint density at radius 1 is 0.950 bits per heavy atom. The summed E-state index contributed by atoms with van der Waals surface area (Å²) < 4.78 is 5.45. The van der Waals surface area contributed by atoms with Crippen LogP contribution < -0.4 is 0 Å². The highest BCUT2D eigenvalue weighted by Gasteiger charge is 2.36. The minimum absolute atomic E-state index is 0.105. The average molecular weight is 278 g/mol. The summed E-state index contributed by atoms with van der Waals surface area (Å²) in [6.07, 6.45) is 11.6. The molecule has 1 atom stereocenters. The lowest BCUT2D eigenvalue weighted by Gasteiger charge is -2.32. The van der Waals surface area contributed by atoms with Gasteiger partial charge in [-0.05, 0) is 25.7 Å². The molecule has 3 heteroatoms. The monoisotopic (exact) mass is 278 g/mol. The van der Waals surface area contributed by atoms with Crippen LogP contribution in [0.15, 0.2) is 12.7 Å². The van der Waals surface area contributed by atoms with E-state index in [1.165, 1.54) is 18.9 Å². The fourth-order valence-electron chi connectivity index (χ4n) is 3.62. The average Bonchev–Trinajstić information content (AvgIpc) is 2.53. The molecule has 3 nitrogen and oxygen atoms in total. The van der Waals surface area contributed by atoms with Crippen molar-refractivity contribution in [2.45, 2.75) is 70.3 Å². The molecule has 0 aliphatic heterocycles. The molecule has 0 spiro atoms. The van der Waals surface area contributed by atoms with Crippen molar-refractivity contribution in [1.29, 1.82) is 0 Å². The first-order valence-electron chi connectivity index (χ1n) is 8.09. The van der Waals surface area contributed by atoms with Crippen molar-refractivity contribution >= 4 is 11.8 Å². The summed E-state index contributed by atoms with van der Waals surface area (Å²) in [5.74, 6) is 0.0481. The fraction of sp³-hybridized carbons (Fsp3) is 0.765. The number of ketones is 1. The highest BCUT2D eigenvalue weighted by molar-refractivity contribution is 5.90. The Morgan fingerprint density at radius 2 is 1.50 bits per heavy atom. The largest absolute Gasteiger partial charge is 0.451 e. The van der Waals surface area contributed by atoms with Crippen molar-refractivity contribution in [2.75, 3.05) is 0 Å². The summed E-state index contributed by atoms with van der Waals surface area (Å²) in [5.41, 5.74) is 0. The summed E-state index contributed by atoms with van der Waals surface area (Å²) in [6.45, 7) is 3.44. The molecule has 112 valence electrons. The van der Waals surface area contributed by atoms with Gasteiger partial charge in [0.2, 0.25) is 0 Å². The van der Waals surface area contributed by atoms with E-state index >= 15 is 0 Å². The molecule has 0 aromatic rings. The van der Waals surface area contributed by atoms with E-state index in [0.717, 1.165) is 51.4 Å². The van der Waals surface area contributed by atoms with E-state index in [-0.39, 0.29) is 17.6 Å². The highest BCUT2D eigenvalue weighted by atomic mass is 16.5. The van der Waals surface area contributed by atoms with Gasteiger partial charge in [0, 0.05) is 17.9 Å². The van der Waals surface area contributed by atoms with E-state index in [1.54, 1.807) is 0 Å². The van der Waals surface area contributed by atoms with E-state index in [1.807, 2.05) is 0 Å². The number of carbonyl (C=O) groups excluding carboxylic acids is 2. The van der Waals surface area contributed by atoms with E-state index in [0.29, 0.717) is 0 Å². The summed E-state index contributed by atoms with van der Waals surface area (Å²) in [4.78, 5) is 24.3. The lowest BCUT2D eigenvalue weighted by atomic mass is 9.77. The molecular formula is C17H26O3. The van der Waals surface area contributed by atoms with E-state index in [4.69, 9.17) is 4.74 Å². The molecule has 0 radical (unpaired) electrons. The number of Topliss-reactive ketones (excluding diaryl/α,β-unsaturated/α-hetero) is 1. The van der Waals surface area contributed by atoms with Gasteiger partial charge < -0.3 is 4.74 Å². The predicted molar refractivity (Wildman–Crippen MR) is 78.2 cm³/mol. The molecule has 2 aliphatic rings. The standard InChI is InChI=1S/C17H26O3/c1-2-15(18)20-17(14-11-7-4-8-12-14)16(19)13-9-5-3-6-10-13/h2,13-14,17H,1,3-12H2. The number of esters is 1. The van der Waals surface area contributed by atoms with Crippen LogP contribution in [0.5, 0.6) is 0 Å². The Bertz CT molecular complexity index is 349. The van der Waals surface area contributed by atoms with E-state index < -0.39 is 12.1 Å². The molecule has 0 bridgehead atoms. The maximum Gasteiger partial charge on any atom is 0.330 e. The highest BCUT2D eigenvalue weighted by Crippen LogP contribution is 2.33. The molecule has 2 aliphatic carbocycles. The molecule has 0 aromatic carbocycles. The zero-order valence-electron chi connectivity index (χ0n) is 12.3. The first-order chi connectivity index (χ1) is 9.72. The molecule has 0 aromatic heterocycles. The van der Waals surface area contributed by atoms with Crippen LogP contribution in [0.25, 0.3) is 0 Å². The molecule has 0 amide bonds. The van der Waals surface area contributed by atoms with Crippen LogP contribution in [-0.4, -0.2) is 17.9 Å². The number of ether oxygens (including phenoxy) is 1. The minimum Gasteiger partial charge on any atom is -0.451 e. The van der Waals surface area contributed by atoms with Gasteiger partial charge in [0.05, 0.1) is 0 Å². The van der Waals surface area contributed by atoms with Crippen molar-refractivity contribution in [3.8, 4) is 0 Å². The maximum atomic E-state index is 12.7. The Morgan fingerprint density at radius 3 is 2.05 bits per heavy atom. The third-order valence-corrected chi connectivity index (χ3v) is 4.78. The summed E-state index contributed by atoms with van der Waals surface area (Å²) >= 11 is 0. The van der Waals surface area contributed by atoms with Crippen molar-refractivity contribution in [2.24, 2.45) is 11.8 Å². The maximum absolute atomic E-state index is 12.7. The van der Waals surface area contributed by atoms with Gasteiger partial charge in [-0.25, -0.2) is 4.79 Å². The van der Waals surface area contributed by atoms with Crippen LogP contribution in [0.3, 0.4) is 0 Å². The van der Waals surface area contributed by atoms with Crippen LogP contribution in [0.2, 0.25) is 0 Å². The lowest BCUT2D eigenvalue weighted by Crippen LogP contribution is -2.39. The third-order valence-electron chi connectivity index (χ3n) is 4.78. The predicted octanol–water partition coefficient (Wildman–Crippen LogP) is 3.81. The second-order valence-electron chi connectivity index (χ2n) is 6.20. The first kappa shape index (κ1) is 15.3. The lowest BCUT2D eigenvalue weighted by molar-refractivity contribution is -0.157. The van der Waals surface area contributed by atoms with Crippen LogP contribution in [0, 0.1) is 11.8 Å². The van der Waals surface area contributed by atoms with E-state index in [2.05, 4.69) is 6.58 Å². The zero-order valence-corrected chi connectivity index (χ0v) is 12.3. The number of hydrogen-bond donors (Lipinski definition) is 0. The van der Waals surface area contributed by atoms with Gasteiger partial charge >= 0.3 is 5.97 Å². The Balaban J connectivity index is 2.04. The van der Waals surface area contributed by atoms with Gasteiger partial charge in [-0.2, -0.15) is 0 Å². The topological polar surface area (TPSA) is 43.4 Å². The van der Waals surface area contributed by atoms with Gasteiger partial charge in [0.15, 0.2) is 11.9 Å². The second kappa shape index (κ2) is 7.61. The SMILES string of the molecule is C=CC(=O)OC(C(=O)C1CCCCC1)C1CCCCC1. The summed E-state index contributed by atoms with van der Waals surface area (Å²) in [7, 11) is 0. The minimum atomic E-state index is -0.524. The van der Waals surface area contributed by atoms with Crippen molar-refractivity contribution in [3.05, 3.63) is 12.7 Å². The zero-order chi connectivity index (χ0) is 14.4. The molecule has 0 saturated heterocycles. The van der Waals surface area contributed by atoms with Crippen LogP contribution in [0.1, 0.15) is 64.2 Å². The Kier molecular flexibility index (Phi) is 5.81. The van der Waals surface area contributed by atoms with Gasteiger partial charge in [-0.15, -0.1) is 0 Å². The van der Waals surface area contributed by atoms with Gasteiger partial charge in [0.1, 0.15) is 0 Å².